The predicted octanol–water partition coefficient (Wildman–Crippen LogP) is 3.39. The summed E-state index contributed by atoms with van der Waals surface area (Å²) in [4.78, 5) is 12.4. The molecule has 0 heterocycles. The minimum absolute atomic E-state index is 0.0659. The molecule has 0 saturated heterocycles. The lowest BCUT2D eigenvalue weighted by atomic mass is 10.1. The number of nitrogens with one attached hydrogen (secondary N) is 1. The van der Waals surface area contributed by atoms with Gasteiger partial charge in [0.25, 0.3) is 5.91 Å². The van der Waals surface area contributed by atoms with Gasteiger partial charge in [-0.1, -0.05) is 29.8 Å². The smallest absolute Gasteiger partial charge is 0.251 e. The summed E-state index contributed by atoms with van der Waals surface area (Å²) in [6.45, 7) is 0.902. The van der Waals surface area contributed by atoms with Crippen LogP contribution in [-0.2, 0) is 6.61 Å². The molecule has 3 rings (SSSR count). The van der Waals surface area contributed by atoms with Crippen LogP contribution in [0.1, 0.15) is 28.8 Å². The summed E-state index contributed by atoms with van der Waals surface area (Å²) in [7, 11) is 0. The van der Waals surface area contributed by atoms with E-state index in [2.05, 4.69) is 5.32 Å². The molecule has 5 heteroatoms. The fourth-order valence-electron chi connectivity index (χ4n) is 2.59. The predicted molar refractivity (Wildman–Crippen MR) is 95.3 cm³/mol. The van der Waals surface area contributed by atoms with Crippen LogP contribution in [0.4, 0.5) is 0 Å². The Balaban J connectivity index is 1.60. The molecule has 1 saturated carbocycles. The minimum Gasteiger partial charge on any atom is -0.489 e. The standard InChI is InChI=1S/C19H21ClN2O2/c20-16-8-4-13(5-9-16)12-24-17-3-1-2-15(10-17)19(23)22-18(11-21)14-6-7-14/h1-5,8-10,14,18H,6-7,11-12,21H2,(H,22,23). The van der Waals surface area contributed by atoms with Crippen LogP contribution in [0.3, 0.4) is 0 Å². The van der Waals surface area contributed by atoms with Crippen LogP contribution in [0, 0.1) is 5.92 Å². The largest absolute Gasteiger partial charge is 0.489 e. The summed E-state index contributed by atoms with van der Waals surface area (Å²) in [5.41, 5.74) is 7.35. The Labute approximate surface area is 147 Å². The van der Waals surface area contributed by atoms with Gasteiger partial charge in [-0.3, -0.25) is 4.79 Å². The molecule has 2 aromatic rings. The molecule has 0 aromatic heterocycles. The Morgan fingerprint density at radius 2 is 2.00 bits per heavy atom. The Kier molecular flexibility index (Phi) is 5.38. The second-order valence-corrected chi connectivity index (χ2v) is 6.53. The van der Waals surface area contributed by atoms with Crippen molar-refractivity contribution in [1.82, 2.24) is 5.32 Å². The molecule has 24 heavy (non-hydrogen) atoms. The summed E-state index contributed by atoms with van der Waals surface area (Å²) in [5, 5.41) is 3.71. The Hall–Kier alpha value is -2.04. The number of amides is 1. The molecule has 1 amide bonds. The van der Waals surface area contributed by atoms with Gasteiger partial charge in [0, 0.05) is 23.2 Å². The van der Waals surface area contributed by atoms with Crippen LogP contribution in [0.2, 0.25) is 5.02 Å². The van der Waals surface area contributed by atoms with Crippen molar-refractivity contribution in [3.8, 4) is 5.75 Å². The van der Waals surface area contributed by atoms with E-state index >= 15 is 0 Å². The van der Waals surface area contributed by atoms with E-state index in [-0.39, 0.29) is 11.9 Å². The van der Waals surface area contributed by atoms with Gasteiger partial charge < -0.3 is 15.8 Å². The maximum absolute atomic E-state index is 12.4. The Morgan fingerprint density at radius 1 is 1.25 bits per heavy atom. The second-order valence-electron chi connectivity index (χ2n) is 6.10. The average Bonchev–Trinajstić information content (AvgIpc) is 3.44. The molecule has 2 aromatic carbocycles. The van der Waals surface area contributed by atoms with Gasteiger partial charge in [0.1, 0.15) is 12.4 Å². The number of ether oxygens (including phenoxy) is 1. The number of nitrogens with two attached hydrogens (primary N) is 1. The van der Waals surface area contributed by atoms with Crippen molar-refractivity contribution in [2.45, 2.75) is 25.5 Å². The Bertz CT molecular complexity index is 699. The van der Waals surface area contributed by atoms with Crippen molar-refractivity contribution in [2.24, 2.45) is 11.7 Å². The van der Waals surface area contributed by atoms with Crippen molar-refractivity contribution in [2.75, 3.05) is 6.54 Å². The molecule has 0 spiro atoms. The monoisotopic (exact) mass is 344 g/mol. The number of hydrogen-bond acceptors (Lipinski definition) is 3. The SMILES string of the molecule is NCC(NC(=O)c1cccc(OCc2ccc(Cl)cc2)c1)C1CC1. The van der Waals surface area contributed by atoms with Crippen molar-refractivity contribution >= 4 is 17.5 Å². The van der Waals surface area contributed by atoms with Gasteiger partial charge in [0.05, 0.1) is 0 Å². The van der Waals surface area contributed by atoms with E-state index in [1.165, 1.54) is 0 Å². The number of benzene rings is 2. The summed E-state index contributed by atoms with van der Waals surface area (Å²) in [5.74, 6) is 1.09. The van der Waals surface area contributed by atoms with Crippen molar-refractivity contribution < 1.29 is 9.53 Å². The van der Waals surface area contributed by atoms with Crippen LogP contribution < -0.4 is 15.8 Å². The van der Waals surface area contributed by atoms with Gasteiger partial charge in [-0.15, -0.1) is 0 Å². The third-order valence-corrected chi connectivity index (χ3v) is 4.43. The van der Waals surface area contributed by atoms with E-state index in [1.807, 2.05) is 36.4 Å². The lowest BCUT2D eigenvalue weighted by Gasteiger charge is -2.16. The first-order valence-electron chi connectivity index (χ1n) is 8.14. The molecule has 0 radical (unpaired) electrons. The quantitative estimate of drug-likeness (QED) is 0.809. The van der Waals surface area contributed by atoms with Crippen molar-refractivity contribution in [3.63, 3.8) is 0 Å². The first-order chi connectivity index (χ1) is 11.7. The van der Waals surface area contributed by atoms with Gasteiger partial charge in [0.2, 0.25) is 0 Å². The fourth-order valence-corrected chi connectivity index (χ4v) is 2.72. The fraction of sp³-hybridized carbons (Fsp3) is 0.316. The van der Waals surface area contributed by atoms with Gasteiger partial charge in [-0.2, -0.15) is 0 Å². The van der Waals surface area contributed by atoms with Gasteiger partial charge in [-0.05, 0) is 54.7 Å². The zero-order valence-electron chi connectivity index (χ0n) is 13.4. The second kappa shape index (κ2) is 7.69. The average molecular weight is 345 g/mol. The third-order valence-electron chi connectivity index (χ3n) is 4.18. The molecule has 126 valence electrons. The first-order valence-corrected chi connectivity index (χ1v) is 8.52. The maximum Gasteiger partial charge on any atom is 0.251 e. The van der Waals surface area contributed by atoms with Crippen molar-refractivity contribution in [1.29, 1.82) is 0 Å². The normalized spacial score (nSPS) is 14.9. The van der Waals surface area contributed by atoms with E-state index in [9.17, 15) is 4.79 Å². The van der Waals surface area contributed by atoms with E-state index in [4.69, 9.17) is 22.1 Å². The molecular weight excluding hydrogens is 324 g/mol. The van der Waals surface area contributed by atoms with E-state index in [0.29, 0.717) is 35.4 Å². The zero-order valence-corrected chi connectivity index (χ0v) is 14.1. The third kappa shape index (κ3) is 4.49. The number of carbonyl (C=O) groups is 1. The molecule has 1 atom stereocenters. The van der Waals surface area contributed by atoms with Crippen LogP contribution in [-0.4, -0.2) is 18.5 Å². The number of halogens is 1. The molecule has 3 N–H and O–H groups in total. The molecule has 1 aliphatic rings. The van der Waals surface area contributed by atoms with Crippen LogP contribution in [0.15, 0.2) is 48.5 Å². The van der Waals surface area contributed by atoms with Crippen LogP contribution in [0.5, 0.6) is 5.75 Å². The minimum atomic E-state index is -0.103. The van der Waals surface area contributed by atoms with E-state index < -0.39 is 0 Å². The highest BCUT2D eigenvalue weighted by Gasteiger charge is 2.31. The topological polar surface area (TPSA) is 64.3 Å². The first kappa shape index (κ1) is 16.8. The maximum atomic E-state index is 12.4. The van der Waals surface area contributed by atoms with Gasteiger partial charge in [-0.25, -0.2) is 0 Å². The molecular formula is C19H21ClN2O2. The summed E-state index contributed by atoms with van der Waals surface area (Å²) >= 11 is 5.87. The highest BCUT2D eigenvalue weighted by molar-refractivity contribution is 6.30. The Morgan fingerprint density at radius 3 is 2.67 bits per heavy atom. The van der Waals surface area contributed by atoms with Crippen LogP contribution >= 0.6 is 11.6 Å². The molecule has 1 fully saturated rings. The number of carbonyl (C=O) groups excluding carboxylic acids is 1. The lowest BCUT2D eigenvalue weighted by molar-refractivity contribution is 0.0933. The van der Waals surface area contributed by atoms with Crippen molar-refractivity contribution in [3.05, 3.63) is 64.7 Å². The zero-order chi connectivity index (χ0) is 16.9. The number of hydrogen-bond donors (Lipinski definition) is 2. The molecule has 1 unspecified atom stereocenters. The van der Waals surface area contributed by atoms with Gasteiger partial charge >= 0.3 is 0 Å². The summed E-state index contributed by atoms with van der Waals surface area (Å²) < 4.78 is 5.77. The molecule has 0 bridgehead atoms. The summed E-state index contributed by atoms with van der Waals surface area (Å²) in [6, 6.07) is 14.8. The summed E-state index contributed by atoms with van der Waals surface area (Å²) in [6.07, 6.45) is 2.29. The van der Waals surface area contributed by atoms with Crippen LogP contribution in [0.25, 0.3) is 0 Å². The van der Waals surface area contributed by atoms with E-state index in [1.54, 1.807) is 12.1 Å². The highest BCUT2D eigenvalue weighted by Crippen LogP contribution is 2.32. The highest BCUT2D eigenvalue weighted by atomic mass is 35.5. The lowest BCUT2D eigenvalue weighted by Crippen LogP contribution is -2.41. The van der Waals surface area contributed by atoms with Gasteiger partial charge in [0.15, 0.2) is 0 Å². The molecule has 4 nitrogen and oxygen atoms in total. The molecule has 1 aliphatic carbocycles. The number of rotatable bonds is 7. The van der Waals surface area contributed by atoms with E-state index in [0.717, 1.165) is 18.4 Å². The molecule has 0 aliphatic heterocycles.